The van der Waals surface area contributed by atoms with Gasteiger partial charge in [-0.3, -0.25) is 4.79 Å². The number of nitrogens with two attached hydrogens (primary N) is 1. The van der Waals surface area contributed by atoms with Crippen molar-refractivity contribution in [3.8, 4) is 0 Å². The van der Waals surface area contributed by atoms with Crippen LogP contribution in [0.5, 0.6) is 0 Å². The average molecular weight is 347 g/mol. The van der Waals surface area contributed by atoms with Gasteiger partial charge in [-0.15, -0.1) is 0 Å². The maximum absolute atomic E-state index is 10.4. The number of aliphatic carboxylic acids is 1. The molecule has 0 amide bonds. The summed E-state index contributed by atoms with van der Waals surface area (Å²) in [6.45, 7) is 1.06. The molecule has 0 fully saturated rings. The van der Waals surface area contributed by atoms with Crippen molar-refractivity contribution in [2.75, 3.05) is 27.7 Å². The third-order valence-corrected chi connectivity index (χ3v) is 1.91. The molecule has 1 unspecified atom stereocenters. The van der Waals surface area contributed by atoms with Crippen molar-refractivity contribution in [3.63, 3.8) is 0 Å². The summed E-state index contributed by atoms with van der Waals surface area (Å²) in [6, 6.07) is -0.688. The van der Waals surface area contributed by atoms with Crippen LogP contribution in [0, 0.1) is 39.9 Å². The molecule has 0 aromatic carbocycles. The number of carbonyl (C=O) groups is 1. The standard InChI is InChI=1S/C9H20N2O2.Gd/c1-11(2,3)7-5-4-6-8(10)9(12)13;/h8H,4-7,10H2,1-3H3;/p+1. The molecule has 86 valence electrons. The molecule has 3 N–H and O–H groups in total. The van der Waals surface area contributed by atoms with E-state index in [-0.39, 0.29) is 39.9 Å². The Morgan fingerprint density at radius 1 is 1.36 bits per heavy atom. The van der Waals surface area contributed by atoms with Crippen molar-refractivity contribution in [1.29, 1.82) is 0 Å². The van der Waals surface area contributed by atoms with E-state index in [9.17, 15) is 4.79 Å². The fraction of sp³-hybridized carbons (Fsp3) is 0.889. The van der Waals surface area contributed by atoms with Crippen molar-refractivity contribution in [2.24, 2.45) is 5.73 Å². The molecule has 0 heterocycles. The summed E-state index contributed by atoms with van der Waals surface area (Å²) in [6.07, 6.45) is 2.50. The Labute approximate surface area is 118 Å². The molecule has 0 aromatic rings. The van der Waals surface area contributed by atoms with Crippen LogP contribution in [-0.4, -0.2) is 49.3 Å². The van der Waals surface area contributed by atoms with E-state index in [0.29, 0.717) is 6.42 Å². The van der Waals surface area contributed by atoms with Crippen LogP contribution in [0.15, 0.2) is 0 Å². The summed E-state index contributed by atoms with van der Waals surface area (Å²) >= 11 is 0. The Kier molecular flexibility index (Phi) is 9.70. The summed E-state index contributed by atoms with van der Waals surface area (Å²) in [7, 11) is 6.37. The fourth-order valence-corrected chi connectivity index (χ4v) is 1.07. The second-order valence-corrected chi connectivity index (χ2v) is 4.45. The van der Waals surface area contributed by atoms with Crippen LogP contribution >= 0.6 is 0 Å². The molecule has 0 saturated heterocycles. The number of carboxylic acids is 1. The number of carboxylic acid groups (broad SMARTS) is 1. The van der Waals surface area contributed by atoms with E-state index in [1.54, 1.807) is 0 Å². The van der Waals surface area contributed by atoms with Crippen molar-refractivity contribution in [2.45, 2.75) is 25.3 Å². The molecule has 0 saturated carbocycles. The van der Waals surface area contributed by atoms with Gasteiger partial charge in [-0.1, -0.05) is 0 Å². The minimum Gasteiger partial charge on any atom is -0.480 e. The second-order valence-electron chi connectivity index (χ2n) is 4.45. The van der Waals surface area contributed by atoms with Gasteiger partial charge < -0.3 is 15.3 Å². The van der Waals surface area contributed by atoms with Gasteiger partial charge in [0.1, 0.15) is 6.04 Å². The van der Waals surface area contributed by atoms with Crippen LogP contribution in [0.25, 0.3) is 0 Å². The third-order valence-electron chi connectivity index (χ3n) is 1.91. The average Bonchev–Trinajstić information content (AvgIpc) is 1.95. The van der Waals surface area contributed by atoms with Crippen LogP contribution in [0.4, 0.5) is 0 Å². The molecule has 0 rings (SSSR count). The Hall–Kier alpha value is 0.715. The molecule has 14 heavy (non-hydrogen) atoms. The SMILES string of the molecule is C[N+](C)(C)CCCCC(N)C(=O)O.[Gd]. The predicted molar refractivity (Wildman–Crippen MR) is 52.4 cm³/mol. The zero-order valence-electron chi connectivity index (χ0n) is 9.14. The topological polar surface area (TPSA) is 63.3 Å². The zero-order chi connectivity index (χ0) is 10.5. The zero-order valence-corrected chi connectivity index (χ0v) is 11.4. The quantitative estimate of drug-likeness (QED) is 0.536. The number of quaternary nitrogens is 1. The van der Waals surface area contributed by atoms with Crippen molar-refractivity contribution in [3.05, 3.63) is 0 Å². The van der Waals surface area contributed by atoms with Gasteiger partial charge in [-0.05, 0) is 19.3 Å². The summed E-state index contributed by atoms with van der Waals surface area (Å²) < 4.78 is 0.919. The maximum atomic E-state index is 10.4. The number of unbranched alkanes of at least 4 members (excludes halogenated alkanes) is 1. The number of rotatable bonds is 6. The van der Waals surface area contributed by atoms with Gasteiger partial charge in [0.25, 0.3) is 0 Å². The maximum Gasteiger partial charge on any atom is 0.320 e. The predicted octanol–water partition coefficient (Wildman–Crippen LogP) is 0.275. The third kappa shape index (κ3) is 10.8. The summed E-state index contributed by atoms with van der Waals surface area (Å²) in [5, 5.41) is 8.51. The van der Waals surface area contributed by atoms with Gasteiger partial charge in [0.05, 0.1) is 27.7 Å². The minimum absolute atomic E-state index is 0. The molecule has 0 radical (unpaired) electrons. The first-order chi connectivity index (χ1) is 5.83. The molecule has 0 aliphatic heterocycles. The Morgan fingerprint density at radius 2 is 1.86 bits per heavy atom. The van der Waals surface area contributed by atoms with Gasteiger partial charge in [0, 0.05) is 39.9 Å². The van der Waals surface area contributed by atoms with E-state index >= 15 is 0 Å². The van der Waals surface area contributed by atoms with Crippen molar-refractivity contribution < 1.29 is 54.3 Å². The summed E-state index contributed by atoms with van der Waals surface area (Å²) in [5.41, 5.74) is 5.36. The molecular weight excluding hydrogens is 325 g/mol. The number of hydrogen-bond donors (Lipinski definition) is 2. The fourth-order valence-electron chi connectivity index (χ4n) is 1.07. The van der Waals surface area contributed by atoms with E-state index in [2.05, 4.69) is 21.1 Å². The monoisotopic (exact) mass is 347 g/mol. The molecule has 1 atom stereocenters. The Morgan fingerprint density at radius 3 is 2.21 bits per heavy atom. The normalized spacial score (nSPS) is 13.1. The second kappa shape index (κ2) is 7.94. The van der Waals surface area contributed by atoms with Crippen LogP contribution in [0.2, 0.25) is 0 Å². The van der Waals surface area contributed by atoms with Gasteiger partial charge >= 0.3 is 5.97 Å². The summed E-state index contributed by atoms with van der Waals surface area (Å²) in [5.74, 6) is -0.898. The molecule has 0 aliphatic carbocycles. The molecule has 0 aromatic heterocycles. The number of nitrogens with zero attached hydrogens (tertiary/aromatic N) is 1. The van der Waals surface area contributed by atoms with E-state index < -0.39 is 12.0 Å². The van der Waals surface area contributed by atoms with E-state index in [1.807, 2.05) is 0 Å². The van der Waals surface area contributed by atoms with Gasteiger partial charge in [0.2, 0.25) is 0 Å². The van der Waals surface area contributed by atoms with Crippen LogP contribution in [-0.2, 0) is 4.79 Å². The van der Waals surface area contributed by atoms with Gasteiger partial charge in [0.15, 0.2) is 0 Å². The first-order valence-corrected chi connectivity index (χ1v) is 4.62. The van der Waals surface area contributed by atoms with Crippen LogP contribution in [0.3, 0.4) is 0 Å². The molecule has 0 spiro atoms. The van der Waals surface area contributed by atoms with Gasteiger partial charge in [-0.25, -0.2) is 0 Å². The Bertz CT molecular complexity index is 169. The van der Waals surface area contributed by atoms with Crippen LogP contribution < -0.4 is 5.73 Å². The molecule has 5 heteroatoms. The van der Waals surface area contributed by atoms with Crippen molar-refractivity contribution >= 4 is 5.97 Å². The first kappa shape index (κ1) is 17.1. The summed E-state index contributed by atoms with van der Waals surface area (Å²) in [4.78, 5) is 10.4. The van der Waals surface area contributed by atoms with Crippen LogP contribution in [0.1, 0.15) is 19.3 Å². The molecule has 0 aliphatic rings. The first-order valence-electron chi connectivity index (χ1n) is 4.62. The minimum atomic E-state index is -0.898. The van der Waals surface area contributed by atoms with E-state index in [4.69, 9.17) is 10.8 Å². The molecule has 4 nitrogen and oxygen atoms in total. The molecule has 0 bridgehead atoms. The Balaban J connectivity index is 0. The van der Waals surface area contributed by atoms with E-state index in [1.165, 1.54) is 0 Å². The van der Waals surface area contributed by atoms with E-state index in [0.717, 1.165) is 23.9 Å². The smallest absolute Gasteiger partial charge is 0.320 e. The van der Waals surface area contributed by atoms with Gasteiger partial charge in [-0.2, -0.15) is 0 Å². The molecular formula is C9H21GdN2O2+. The number of hydrogen-bond acceptors (Lipinski definition) is 2. The van der Waals surface area contributed by atoms with Crippen molar-refractivity contribution in [1.82, 2.24) is 0 Å². The largest absolute Gasteiger partial charge is 0.480 e.